The highest BCUT2D eigenvalue weighted by Crippen LogP contribution is 2.59. The van der Waals surface area contributed by atoms with Crippen LogP contribution in [0.15, 0.2) is 18.2 Å². The second-order valence-electron chi connectivity index (χ2n) is 4.27. The molecule has 0 amide bonds. The van der Waals surface area contributed by atoms with Gasteiger partial charge in [0.15, 0.2) is 0 Å². The van der Waals surface area contributed by atoms with Gasteiger partial charge in [0.05, 0.1) is 19.6 Å². The fourth-order valence-corrected chi connectivity index (χ4v) is 2.57. The zero-order chi connectivity index (χ0) is 11.3. The molecule has 0 aromatic heterocycles. The Bertz CT molecular complexity index is 454. The topological polar surface area (TPSA) is 55.8 Å². The normalized spacial score (nSPS) is 29.7. The number of carboxylic acid groups (broad SMARTS) is 1. The van der Waals surface area contributed by atoms with Crippen LogP contribution in [-0.4, -0.2) is 24.8 Å². The minimum absolute atomic E-state index is 0.132. The number of rotatable bonds is 2. The minimum Gasteiger partial charge on any atom is -0.497 e. The van der Waals surface area contributed by atoms with Crippen LogP contribution in [0.4, 0.5) is 0 Å². The largest absolute Gasteiger partial charge is 0.497 e. The highest BCUT2D eigenvalue weighted by atomic mass is 16.5. The Balaban J connectivity index is 1.96. The van der Waals surface area contributed by atoms with Crippen molar-refractivity contribution < 1.29 is 19.4 Å². The third-order valence-electron chi connectivity index (χ3n) is 3.46. The lowest BCUT2D eigenvalue weighted by Crippen LogP contribution is -2.09. The van der Waals surface area contributed by atoms with E-state index >= 15 is 0 Å². The number of carboxylic acids is 1. The molecule has 16 heavy (non-hydrogen) atoms. The summed E-state index contributed by atoms with van der Waals surface area (Å²) >= 11 is 0. The summed E-state index contributed by atoms with van der Waals surface area (Å²) in [6.07, 6.45) is 0. The van der Waals surface area contributed by atoms with Crippen molar-refractivity contribution in [2.45, 2.75) is 5.92 Å². The Labute approximate surface area is 92.8 Å². The Morgan fingerprint density at radius 3 is 3.06 bits per heavy atom. The van der Waals surface area contributed by atoms with Crippen LogP contribution in [0.25, 0.3) is 0 Å². The SMILES string of the molecule is COc1ccc2c(c1)OCC1C(C(=O)O)C21. The van der Waals surface area contributed by atoms with E-state index in [1.54, 1.807) is 7.11 Å². The number of fused-ring (bicyclic) bond motifs is 3. The molecule has 2 aliphatic rings. The number of ether oxygens (including phenoxy) is 2. The van der Waals surface area contributed by atoms with E-state index in [-0.39, 0.29) is 17.8 Å². The zero-order valence-corrected chi connectivity index (χ0v) is 8.84. The van der Waals surface area contributed by atoms with Crippen LogP contribution in [0.1, 0.15) is 11.5 Å². The molecule has 4 nitrogen and oxygen atoms in total. The third-order valence-corrected chi connectivity index (χ3v) is 3.46. The Hall–Kier alpha value is -1.71. The van der Waals surface area contributed by atoms with Crippen molar-refractivity contribution in [3.8, 4) is 11.5 Å². The first-order valence-corrected chi connectivity index (χ1v) is 5.26. The molecule has 1 fully saturated rings. The molecule has 3 atom stereocenters. The van der Waals surface area contributed by atoms with E-state index < -0.39 is 5.97 Å². The smallest absolute Gasteiger partial charge is 0.307 e. The van der Waals surface area contributed by atoms with E-state index in [1.165, 1.54) is 0 Å². The zero-order valence-electron chi connectivity index (χ0n) is 8.84. The van der Waals surface area contributed by atoms with Crippen LogP contribution >= 0.6 is 0 Å². The Morgan fingerprint density at radius 2 is 2.38 bits per heavy atom. The molecule has 1 N–H and O–H groups in total. The van der Waals surface area contributed by atoms with Gasteiger partial charge in [-0.25, -0.2) is 0 Å². The molecule has 1 aromatic rings. The quantitative estimate of drug-likeness (QED) is 0.820. The van der Waals surface area contributed by atoms with Gasteiger partial charge in [0.1, 0.15) is 11.5 Å². The molecular formula is C12H12O4. The van der Waals surface area contributed by atoms with Crippen molar-refractivity contribution >= 4 is 5.97 Å². The van der Waals surface area contributed by atoms with Crippen LogP contribution in [0.5, 0.6) is 11.5 Å². The van der Waals surface area contributed by atoms with Gasteiger partial charge in [-0.3, -0.25) is 4.79 Å². The first-order valence-electron chi connectivity index (χ1n) is 5.26. The van der Waals surface area contributed by atoms with Gasteiger partial charge < -0.3 is 14.6 Å². The van der Waals surface area contributed by atoms with Crippen molar-refractivity contribution in [1.82, 2.24) is 0 Å². The number of hydrogen-bond acceptors (Lipinski definition) is 3. The third kappa shape index (κ3) is 1.19. The monoisotopic (exact) mass is 220 g/mol. The lowest BCUT2D eigenvalue weighted by atomic mass is 10.1. The first kappa shape index (κ1) is 9.51. The number of aliphatic carboxylic acids is 1. The first-order chi connectivity index (χ1) is 7.72. The second kappa shape index (κ2) is 3.14. The van der Waals surface area contributed by atoms with Crippen molar-refractivity contribution in [2.75, 3.05) is 13.7 Å². The Morgan fingerprint density at radius 1 is 1.56 bits per heavy atom. The average Bonchev–Trinajstić information content (AvgIpc) is 3.02. The Kier molecular flexibility index (Phi) is 1.87. The number of hydrogen-bond donors (Lipinski definition) is 1. The summed E-state index contributed by atoms with van der Waals surface area (Å²) in [6, 6.07) is 5.58. The van der Waals surface area contributed by atoms with Gasteiger partial charge in [0.25, 0.3) is 0 Å². The molecule has 84 valence electrons. The summed E-state index contributed by atoms with van der Waals surface area (Å²) in [5, 5.41) is 9.03. The predicted molar refractivity (Wildman–Crippen MR) is 55.8 cm³/mol. The van der Waals surface area contributed by atoms with E-state index in [1.807, 2.05) is 18.2 Å². The highest BCUT2D eigenvalue weighted by molar-refractivity contribution is 5.77. The molecule has 1 heterocycles. The fourth-order valence-electron chi connectivity index (χ4n) is 2.57. The molecule has 0 spiro atoms. The lowest BCUT2D eigenvalue weighted by Gasteiger charge is -2.16. The molecule has 4 heteroatoms. The molecular weight excluding hydrogens is 208 g/mol. The number of methoxy groups -OCH3 is 1. The molecule has 1 saturated carbocycles. The van der Waals surface area contributed by atoms with E-state index in [0.29, 0.717) is 6.61 Å². The maximum atomic E-state index is 11.0. The molecule has 1 aromatic carbocycles. The van der Waals surface area contributed by atoms with E-state index in [9.17, 15) is 4.79 Å². The van der Waals surface area contributed by atoms with Gasteiger partial charge in [0, 0.05) is 17.9 Å². The average molecular weight is 220 g/mol. The van der Waals surface area contributed by atoms with Crippen molar-refractivity contribution in [1.29, 1.82) is 0 Å². The van der Waals surface area contributed by atoms with Crippen LogP contribution in [0, 0.1) is 11.8 Å². The summed E-state index contributed by atoms with van der Waals surface area (Å²) in [5.74, 6) is 0.802. The molecule has 0 radical (unpaired) electrons. The van der Waals surface area contributed by atoms with Crippen LogP contribution in [-0.2, 0) is 4.79 Å². The minimum atomic E-state index is -0.720. The van der Waals surface area contributed by atoms with Crippen LogP contribution in [0.3, 0.4) is 0 Å². The molecule has 3 unspecified atom stereocenters. The van der Waals surface area contributed by atoms with E-state index in [2.05, 4.69) is 0 Å². The summed E-state index contributed by atoms with van der Waals surface area (Å²) in [5.41, 5.74) is 1.00. The summed E-state index contributed by atoms with van der Waals surface area (Å²) in [7, 11) is 1.60. The van der Waals surface area contributed by atoms with Gasteiger partial charge in [-0.15, -0.1) is 0 Å². The van der Waals surface area contributed by atoms with E-state index in [4.69, 9.17) is 14.6 Å². The molecule has 0 saturated heterocycles. The van der Waals surface area contributed by atoms with Gasteiger partial charge in [-0.1, -0.05) is 6.07 Å². The van der Waals surface area contributed by atoms with Gasteiger partial charge in [0.2, 0.25) is 0 Å². The molecule has 1 aliphatic carbocycles. The van der Waals surface area contributed by atoms with Gasteiger partial charge in [-0.05, 0) is 11.6 Å². The lowest BCUT2D eigenvalue weighted by molar-refractivity contribution is -0.139. The maximum absolute atomic E-state index is 11.0. The maximum Gasteiger partial charge on any atom is 0.307 e. The van der Waals surface area contributed by atoms with Crippen LogP contribution < -0.4 is 9.47 Å². The molecule has 0 bridgehead atoms. The fraction of sp³-hybridized carbons (Fsp3) is 0.417. The van der Waals surface area contributed by atoms with Crippen molar-refractivity contribution in [3.05, 3.63) is 23.8 Å². The van der Waals surface area contributed by atoms with E-state index in [0.717, 1.165) is 17.1 Å². The van der Waals surface area contributed by atoms with Crippen molar-refractivity contribution in [2.24, 2.45) is 11.8 Å². The predicted octanol–water partition coefficient (Wildman–Crippen LogP) is 1.50. The van der Waals surface area contributed by atoms with Gasteiger partial charge in [-0.2, -0.15) is 0 Å². The molecule has 1 aliphatic heterocycles. The summed E-state index contributed by atoms with van der Waals surface area (Å²) in [4.78, 5) is 11.0. The van der Waals surface area contributed by atoms with Crippen molar-refractivity contribution in [3.63, 3.8) is 0 Å². The second-order valence-corrected chi connectivity index (χ2v) is 4.27. The highest BCUT2D eigenvalue weighted by Gasteiger charge is 2.58. The van der Waals surface area contributed by atoms with Gasteiger partial charge >= 0.3 is 5.97 Å². The number of carbonyl (C=O) groups is 1. The number of benzene rings is 1. The summed E-state index contributed by atoms with van der Waals surface area (Å²) < 4.78 is 10.7. The standard InChI is InChI=1S/C12H12O4/c1-15-6-2-3-7-9(4-6)16-5-8-10(7)11(8)12(13)14/h2-4,8,10-11H,5H2,1H3,(H,13,14). The molecule has 3 rings (SSSR count). The van der Waals surface area contributed by atoms with Crippen LogP contribution in [0.2, 0.25) is 0 Å². The summed E-state index contributed by atoms with van der Waals surface area (Å²) in [6.45, 7) is 0.502.